The van der Waals surface area contributed by atoms with E-state index in [-0.39, 0.29) is 16.1 Å². The molecule has 110 valence electrons. The molecule has 2 aromatic rings. The SMILES string of the molecule is NC[C@@H]1CNc2cccc(-c3c(Cl)cc(F)cc3Cl)c2O1. The third-order valence-corrected chi connectivity index (χ3v) is 3.96. The Hall–Kier alpha value is -1.49. The highest BCUT2D eigenvalue weighted by Crippen LogP contribution is 2.44. The molecule has 1 atom stereocenters. The zero-order valence-corrected chi connectivity index (χ0v) is 12.5. The fraction of sp³-hybridized carbons (Fsp3) is 0.200. The van der Waals surface area contributed by atoms with Gasteiger partial charge in [-0.25, -0.2) is 4.39 Å². The Morgan fingerprint density at radius 3 is 2.67 bits per heavy atom. The third-order valence-electron chi connectivity index (χ3n) is 3.36. The molecule has 0 radical (unpaired) electrons. The Balaban J connectivity index is 2.17. The summed E-state index contributed by atoms with van der Waals surface area (Å²) < 4.78 is 19.3. The zero-order chi connectivity index (χ0) is 15.0. The van der Waals surface area contributed by atoms with E-state index in [0.29, 0.717) is 30.0 Å². The highest BCUT2D eigenvalue weighted by atomic mass is 35.5. The molecule has 3 N–H and O–H groups in total. The Bertz CT molecular complexity index is 670. The minimum Gasteiger partial charge on any atom is -0.484 e. The van der Waals surface area contributed by atoms with Gasteiger partial charge in [-0.2, -0.15) is 0 Å². The average Bonchev–Trinajstić information content (AvgIpc) is 2.46. The fourth-order valence-electron chi connectivity index (χ4n) is 2.36. The predicted molar refractivity (Wildman–Crippen MR) is 83.8 cm³/mol. The van der Waals surface area contributed by atoms with Gasteiger partial charge < -0.3 is 15.8 Å². The largest absolute Gasteiger partial charge is 0.484 e. The summed E-state index contributed by atoms with van der Waals surface area (Å²) in [5.74, 6) is 0.159. The summed E-state index contributed by atoms with van der Waals surface area (Å²) in [4.78, 5) is 0. The molecular formula is C15H13Cl2FN2O. The number of benzene rings is 2. The molecule has 21 heavy (non-hydrogen) atoms. The number of nitrogens with one attached hydrogen (secondary N) is 1. The van der Waals surface area contributed by atoms with Gasteiger partial charge in [0, 0.05) is 17.7 Å². The minimum atomic E-state index is -0.475. The quantitative estimate of drug-likeness (QED) is 0.878. The first-order valence-corrected chi connectivity index (χ1v) is 7.24. The van der Waals surface area contributed by atoms with Gasteiger partial charge >= 0.3 is 0 Å². The fourth-order valence-corrected chi connectivity index (χ4v) is 3.03. The van der Waals surface area contributed by atoms with Gasteiger partial charge in [-0.3, -0.25) is 0 Å². The van der Waals surface area contributed by atoms with E-state index in [4.69, 9.17) is 33.7 Å². The molecule has 3 nitrogen and oxygen atoms in total. The van der Waals surface area contributed by atoms with E-state index in [9.17, 15) is 4.39 Å². The van der Waals surface area contributed by atoms with E-state index >= 15 is 0 Å². The maximum atomic E-state index is 13.4. The number of hydrogen-bond donors (Lipinski definition) is 2. The Morgan fingerprint density at radius 2 is 2.00 bits per heavy atom. The van der Waals surface area contributed by atoms with Crippen molar-refractivity contribution < 1.29 is 9.13 Å². The number of hydrogen-bond acceptors (Lipinski definition) is 3. The second-order valence-electron chi connectivity index (χ2n) is 4.78. The number of rotatable bonds is 2. The van der Waals surface area contributed by atoms with Crippen molar-refractivity contribution in [1.29, 1.82) is 0 Å². The van der Waals surface area contributed by atoms with Crippen LogP contribution in [0, 0.1) is 5.82 Å². The highest BCUT2D eigenvalue weighted by Gasteiger charge is 2.23. The summed E-state index contributed by atoms with van der Waals surface area (Å²) in [5, 5.41) is 3.74. The van der Waals surface area contributed by atoms with Crippen LogP contribution in [-0.2, 0) is 0 Å². The third kappa shape index (κ3) is 2.67. The molecule has 0 amide bonds. The predicted octanol–water partition coefficient (Wildman–Crippen LogP) is 3.93. The van der Waals surface area contributed by atoms with Gasteiger partial charge in [-0.05, 0) is 18.2 Å². The van der Waals surface area contributed by atoms with Gasteiger partial charge in [-0.1, -0.05) is 35.3 Å². The molecule has 0 unspecified atom stereocenters. The lowest BCUT2D eigenvalue weighted by atomic mass is 10.0. The highest BCUT2D eigenvalue weighted by molar-refractivity contribution is 6.39. The van der Waals surface area contributed by atoms with E-state index in [1.54, 1.807) is 0 Å². The van der Waals surface area contributed by atoms with Crippen LogP contribution in [0.25, 0.3) is 11.1 Å². The summed E-state index contributed by atoms with van der Waals surface area (Å²) in [7, 11) is 0. The lowest BCUT2D eigenvalue weighted by Crippen LogP contribution is -2.37. The van der Waals surface area contributed by atoms with Gasteiger partial charge in [0.1, 0.15) is 11.9 Å². The van der Waals surface area contributed by atoms with E-state index in [2.05, 4.69) is 5.32 Å². The molecule has 6 heteroatoms. The molecule has 1 aliphatic rings. The van der Waals surface area contributed by atoms with E-state index < -0.39 is 5.82 Å². The van der Waals surface area contributed by atoms with Gasteiger partial charge in [0.05, 0.1) is 22.3 Å². The van der Waals surface area contributed by atoms with Crippen molar-refractivity contribution in [2.45, 2.75) is 6.10 Å². The van der Waals surface area contributed by atoms with Crippen LogP contribution in [-0.4, -0.2) is 19.2 Å². The van der Waals surface area contributed by atoms with Crippen molar-refractivity contribution in [3.63, 3.8) is 0 Å². The van der Waals surface area contributed by atoms with Gasteiger partial charge in [0.25, 0.3) is 0 Å². The minimum absolute atomic E-state index is 0.128. The number of para-hydroxylation sites is 1. The molecule has 0 spiro atoms. The number of ether oxygens (including phenoxy) is 1. The normalized spacial score (nSPS) is 16.9. The maximum Gasteiger partial charge on any atom is 0.150 e. The van der Waals surface area contributed by atoms with Crippen LogP contribution in [0.15, 0.2) is 30.3 Å². The molecule has 0 bridgehead atoms. The molecule has 0 saturated carbocycles. The van der Waals surface area contributed by atoms with Gasteiger partial charge in [-0.15, -0.1) is 0 Å². The van der Waals surface area contributed by atoms with Crippen molar-refractivity contribution >= 4 is 28.9 Å². The molecule has 0 fully saturated rings. The molecule has 1 heterocycles. The van der Waals surface area contributed by atoms with Crippen LogP contribution in [0.4, 0.5) is 10.1 Å². The lowest BCUT2D eigenvalue weighted by molar-refractivity contribution is 0.215. The zero-order valence-electron chi connectivity index (χ0n) is 11.0. The average molecular weight is 327 g/mol. The second-order valence-corrected chi connectivity index (χ2v) is 5.60. The number of anilines is 1. The number of fused-ring (bicyclic) bond motifs is 1. The Kier molecular flexibility index (Phi) is 3.93. The van der Waals surface area contributed by atoms with Crippen LogP contribution in [0.5, 0.6) is 5.75 Å². The summed E-state index contributed by atoms with van der Waals surface area (Å²) in [6, 6.07) is 8.07. The molecular weight excluding hydrogens is 314 g/mol. The Morgan fingerprint density at radius 1 is 1.29 bits per heavy atom. The second kappa shape index (κ2) is 5.72. The maximum absolute atomic E-state index is 13.4. The van der Waals surface area contributed by atoms with Crippen LogP contribution < -0.4 is 15.8 Å². The monoisotopic (exact) mass is 326 g/mol. The first-order chi connectivity index (χ1) is 10.1. The van der Waals surface area contributed by atoms with E-state index in [1.165, 1.54) is 12.1 Å². The first kappa shape index (κ1) is 14.4. The summed E-state index contributed by atoms with van der Waals surface area (Å²) >= 11 is 12.3. The van der Waals surface area contributed by atoms with Crippen molar-refractivity contribution in [1.82, 2.24) is 0 Å². The van der Waals surface area contributed by atoms with Gasteiger partial charge in [0.15, 0.2) is 5.75 Å². The lowest BCUT2D eigenvalue weighted by Gasteiger charge is -2.28. The van der Waals surface area contributed by atoms with Gasteiger partial charge in [0.2, 0.25) is 0 Å². The van der Waals surface area contributed by atoms with Crippen molar-refractivity contribution in [3.05, 3.63) is 46.2 Å². The molecule has 0 aromatic heterocycles. The number of nitrogens with two attached hydrogens (primary N) is 1. The van der Waals surface area contributed by atoms with Crippen LogP contribution >= 0.6 is 23.2 Å². The van der Waals surface area contributed by atoms with Crippen molar-refractivity contribution in [3.8, 4) is 16.9 Å². The molecule has 0 saturated heterocycles. The van der Waals surface area contributed by atoms with Crippen LogP contribution in [0.1, 0.15) is 0 Å². The Labute approximate surface area is 131 Å². The molecule has 0 aliphatic carbocycles. The standard InChI is InChI=1S/C15H13Cl2FN2O/c16-11-4-8(18)5-12(17)14(11)10-2-1-3-13-15(10)21-9(6-19)7-20-13/h1-5,9,20H,6-7,19H2/t9-/m1/s1. The van der Waals surface area contributed by atoms with Crippen LogP contribution in [0.2, 0.25) is 10.0 Å². The van der Waals surface area contributed by atoms with E-state index in [1.807, 2.05) is 18.2 Å². The topological polar surface area (TPSA) is 47.3 Å². The smallest absolute Gasteiger partial charge is 0.150 e. The molecule has 2 aromatic carbocycles. The van der Waals surface area contributed by atoms with Crippen molar-refractivity contribution in [2.75, 3.05) is 18.4 Å². The first-order valence-electron chi connectivity index (χ1n) is 6.48. The summed E-state index contributed by atoms with van der Waals surface area (Å²) in [5.41, 5.74) is 7.77. The van der Waals surface area contributed by atoms with Crippen LogP contribution in [0.3, 0.4) is 0 Å². The molecule has 3 rings (SSSR count). The number of halogens is 3. The van der Waals surface area contributed by atoms with Crippen molar-refractivity contribution in [2.24, 2.45) is 5.73 Å². The van der Waals surface area contributed by atoms with E-state index in [0.717, 1.165) is 5.69 Å². The molecule has 1 aliphatic heterocycles. The summed E-state index contributed by atoms with van der Waals surface area (Å²) in [6.45, 7) is 1.03. The summed E-state index contributed by atoms with van der Waals surface area (Å²) in [6.07, 6.45) is -0.128.